The molecule has 0 bridgehead atoms. The first kappa shape index (κ1) is 12.7. The largest absolute Gasteiger partial charge is 0.486 e. The van der Waals surface area contributed by atoms with Gasteiger partial charge in [0, 0.05) is 31.1 Å². The van der Waals surface area contributed by atoms with E-state index in [0.29, 0.717) is 25.0 Å². The molecule has 4 aliphatic rings. The quantitative estimate of drug-likeness (QED) is 0.698. The molecular weight excluding hydrogens is 302 g/mol. The molecule has 5 heteroatoms. The zero-order chi connectivity index (χ0) is 16.0. The summed E-state index contributed by atoms with van der Waals surface area (Å²) in [7, 11) is 2.15. The van der Waals surface area contributed by atoms with Crippen LogP contribution in [0.25, 0.3) is 0 Å². The molecule has 0 spiro atoms. The molecule has 6 rings (SSSR count). The minimum absolute atomic E-state index is 0.252. The van der Waals surface area contributed by atoms with Crippen LogP contribution in [0.4, 0.5) is 17.2 Å². The molecule has 1 aliphatic carbocycles. The zero-order valence-corrected chi connectivity index (χ0v) is 13.4. The second kappa shape index (κ2) is 4.04. The van der Waals surface area contributed by atoms with Crippen LogP contribution in [0.3, 0.4) is 0 Å². The van der Waals surface area contributed by atoms with E-state index in [-0.39, 0.29) is 6.17 Å². The van der Waals surface area contributed by atoms with Gasteiger partial charge in [-0.1, -0.05) is 12.2 Å². The highest BCUT2D eigenvalue weighted by atomic mass is 16.6. The van der Waals surface area contributed by atoms with Crippen LogP contribution in [0.5, 0.6) is 11.5 Å². The summed E-state index contributed by atoms with van der Waals surface area (Å²) < 4.78 is 11.6. The third-order valence-electron chi connectivity index (χ3n) is 5.72. The number of aromatic nitrogens is 1. The highest BCUT2D eigenvalue weighted by molar-refractivity contribution is 5.87. The fourth-order valence-electron chi connectivity index (χ4n) is 4.59. The number of rotatable bonds is 0. The average molecular weight is 319 g/mol. The molecule has 1 aromatic carbocycles. The van der Waals surface area contributed by atoms with Gasteiger partial charge in [-0.3, -0.25) is 0 Å². The van der Waals surface area contributed by atoms with Gasteiger partial charge in [0.2, 0.25) is 0 Å². The van der Waals surface area contributed by atoms with Crippen LogP contribution < -0.4 is 19.3 Å². The summed E-state index contributed by atoms with van der Waals surface area (Å²) in [5, 5.41) is 0. The Kier molecular flexibility index (Phi) is 2.14. The van der Waals surface area contributed by atoms with Crippen LogP contribution in [0.2, 0.25) is 0 Å². The fourth-order valence-corrected chi connectivity index (χ4v) is 4.59. The van der Waals surface area contributed by atoms with Gasteiger partial charge in [-0.15, -0.1) is 0 Å². The molecule has 3 atom stereocenters. The van der Waals surface area contributed by atoms with E-state index < -0.39 is 0 Å². The molecule has 120 valence electrons. The van der Waals surface area contributed by atoms with Gasteiger partial charge in [0.05, 0.1) is 11.4 Å². The molecule has 5 nitrogen and oxygen atoms in total. The van der Waals surface area contributed by atoms with Gasteiger partial charge in [0.1, 0.15) is 19.4 Å². The van der Waals surface area contributed by atoms with Gasteiger partial charge in [-0.2, -0.15) is 0 Å². The Morgan fingerprint density at radius 2 is 1.96 bits per heavy atom. The second-order valence-corrected chi connectivity index (χ2v) is 6.87. The van der Waals surface area contributed by atoms with Crippen molar-refractivity contribution < 1.29 is 9.47 Å². The second-order valence-electron chi connectivity index (χ2n) is 6.87. The van der Waals surface area contributed by atoms with E-state index in [9.17, 15) is 0 Å². The lowest BCUT2D eigenvalue weighted by Gasteiger charge is -2.36. The molecule has 1 saturated carbocycles. The van der Waals surface area contributed by atoms with Crippen LogP contribution in [-0.2, 0) is 0 Å². The topological polar surface area (TPSA) is 37.8 Å². The van der Waals surface area contributed by atoms with E-state index in [1.165, 1.54) is 22.5 Å². The number of pyridine rings is 1. The fraction of sp³-hybridized carbons (Fsp3) is 0.316. The summed E-state index contributed by atoms with van der Waals surface area (Å²) >= 11 is 0. The van der Waals surface area contributed by atoms with Gasteiger partial charge in [0.15, 0.2) is 17.3 Å². The third kappa shape index (κ3) is 1.35. The predicted molar refractivity (Wildman–Crippen MR) is 91.4 cm³/mol. The summed E-state index contributed by atoms with van der Waals surface area (Å²) in [6.07, 6.45) is 2.11. The van der Waals surface area contributed by atoms with Crippen molar-refractivity contribution in [3.8, 4) is 11.5 Å². The summed E-state index contributed by atoms with van der Waals surface area (Å²) in [4.78, 5) is 9.35. The minimum atomic E-state index is 0.252. The third-order valence-corrected chi connectivity index (χ3v) is 5.72. The van der Waals surface area contributed by atoms with Crippen LogP contribution in [-0.4, -0.2) is 31.4 Å². The zero-order valence-electron chi connectivity index (χ0n) is 13.4. The minimum Gasteiger partial charge on any atom is -0.486 e. The summed E-state index contributed by atoms with van der Waals surface area (Å²) in [5.74, 6) is 3.55. The van der Waals surface area contributed by atoms with E-state index >= 15 is 0 Å². The van der Waals surface area contributed by atoms with Crippen LogP contribution in [0.15, 0.2) is 42.6 Å². The molecule has 24 heavy (non-hydrogen) atoms. The van der Waals surface area contributed by atoms with E-state index in [1.54, 1.807) is 0 Å². The van der Waals surface area contributed by atoms with Gasteiger partial charge in [0.25, 0.3) is 0 Å². The number of hydrogen-bond donors (Lipinski definition) is 0. The molecular formula is C19H17N3O2. The van der Waals surface area contributed by atoms with E-state index in [0.717, 1.165) is 17.3 Å². The molecule has 1 aromatic heterocycles. The maximum absolute atomic E-state index is 5.82. The maximum atomic E-state index is 5.82. The summed E-state index contributed by atoms with van der Waals surface area (Å²) in [6.45, 7) is 5.55. The first-order valence-corrected chi connectivity index (χ1v) is 8.35. The maximum Gasteiger partial charge on any atom is 0.163 e. The molecule has 0 saturated heterocycles. The molecule has 3 unspecified atom stereocenters. The summed E-state index contributed by atoms with van der Waals surface area (Å²) in [6, 6.07) is 8.41. The van der Waals surface area contributed by atoms with Crippen molar-refractivity contribution in [2.24, 2.45) is 5.92 Å². The monoisotopic (exact) mass is 319 g/mol. The molecule has 4 heterocycles. The van der Waals surface area contributed by atoms with Crippen molar-refractivity contribution in [2.75, 3.05) is 30.1 Å². The lowest BCUT2D eigenvalue weighted by Crippen LogP contribution is -2.43. The van der Waals surface area contributed by atoms with Gasteiger partial charge in [-0.25, -0.2) is 4.98 Å². The van der Waals surface area contributed by atoms with Crippen molar-refractivity contribution in [2.45, 2.75) is 12.1 Å². The highest BCUT2D eigenvalue weighted by Crippen LogP contribution is 2.66. The summed E-state index contributed by atoms with van der Waals surface area (Å²) in [5.41, 5.74) is 4.94. The van der Waals surface area contributed by atoms with E-state index in [4.69, 9.17) is 9.47 Å². The number of hydrogen-bond acceptors (Lipinski definition) is 5. The number of anilines is 3. The molecule has 0 radical (unpaired) electrons. The van der Waals surface area contributed by atoms with Crippen molar-refractivity contribution >= 4 is 17.2 Å². The van der Waals surface area contributed by atoms with Crippen molar-refractivity contribution in [1.29, 1.82) is 0 Å². The van der Waals surface area contributed by atoms with Crippen molar-refractivity contribution in [3.63, 3.8) is 0 Å². The first-order valence-electron chi connectivity index (χ1n) is 8.35. The Bertz CT molecular complexity index is 909. The lowest BCUT2D eigenvalue weighted by atomic mass is 9.98. The Hall–Kier alpha value is -2.69. The van der Waals surface area contributed by atoms with E-state index in [2.05, 4.69) is 46.6 Å². The van der Waals surface area contributed by atoms with Crippen LogP contribution in [0, 0.1) is 5.92 Å². The smallest absolute Gasteiger partial charge is 0.163 e. The Labute approximate surface area is 140 Å². The van der Waals surface area contributed by atoms with Crippen LogP contribution in [0.1, 0.15) is 11.5 Å². The SMILES string of the molecule is C=C1C2c3cc4c(cc3N3c5ncccc5N(C)C3C12)OCCO4. The van der Waals surface area contributed by atoms with Gasteiger partial charge < -0.3 is 19.3 Å². The Balaban J connectivity index is 1.62. The van der Waals surface area contributed by atoms with Gasteiger partial charge >= 0.3 is 0 Å². The van der Waals surface area contributed by atoms with E-state index in [1.807, 2.05) is 12.3 Å². The molecule has 0 N–H and O–H groups in total. The standard InChI is InChI=1S/C19H17N3O2/c1-10-16-11-8-14-15(24-7-6-23-14)9-13(11)22-18-12(4-3-5-20-18)21(2)19(22)17(10)16/h3-5,8-9,16-17,19H,1,6-7H2,2H3. The molecule has 2 aromatic rings. The lowest BCUT2D eigenvalue weighted by molar-refractivity contribution is 0.171. The normalized spacial score (nSPS) is 28.0. The van der Waals surface area contributed by atoms with Crippen molar-refractivity contribution in [3.05, 3.63) is 48.2 Å². The predicted octanol–water partition coefficient (Wildman–Crippen LogP) is 3.05. The van der Waals surface area contributed by atoms with Crippen LogP contribution >= 0.6 is 0 Å². The first-order chi connectivity index (χ1) is 11.8. The molecule has 0 amide bonds. The number of benzene rings is 1. The number of ether oxygens (including phenoxy) is 2. The highest BCUT2D eigenvalue weighted by Gasteiger charge is 2.59. The molecule has 3 aliphatic heterocycles. The number of nitrogens with zero attached hydrogens (tertiary/aromatic N) is 3. The Morgan fingerprint density at radius 3 is 2.79 bits per heavy atom. The van der Waals surface area contributed by atoms with Crippen molar-refractivity contribution in [1.82, 2.24) is 4.98 Å². The Morgan fingerprint density at radius 1 is 1.17 bits per heavy atom. The number of fused-ring (bicyclic) bond motifs is 9. The van der Waals surface area contributed by atoms with Gasteiger partial charge in [-0.05, 0) is 23.8 Å². The average Bonchev–Trinajstić information content (AvgIpc) is 3.20. The molecule has 1 fully saturated rings.